The Labute approximate surface area is 185 Å². The molecule has 1 saturated carbocycles. The van der Waals surface area contributed by atoms with Gasteiger partial charge in [0, 0.05) is 18.7 Å². The first-order valence-corrected chi connectivity index (χ1v) is 9.77. The van der Waals surface area contributed by atoms with Gasteiger partial charge in [-0.3, -0.25) is 0 Å². The average Bonchev–Trinajstić information content (AvgIpc) is 3.34. The van der Waals surface area contributed by atoms with Crippen LogP contribution in [0.1, 0.15) is 48.8 Å². The third kappa shape index (κ3) is 5.73. The van der Waals surface area contributed by atoms with E-state index in [0.29, 0.717) is 11.8 Å². The highest BCUT2D eigenvalue weighted by Crippen LogP contribution is 2.46. The Balaban J connectivity index is 0.00000280. The van der Waals surface area contributed by atoms with Gasteiger partial charge in [-0.25, -0.2) is 4.99 Å². The number of aryl methyl sites for hydroxylation is 2. The third-order valence-corrected chi connectivity index (χ3v) is 5.19. The van der Waals surface area contributed by atoms with Gasteiger partial charge in [-0.15, -0.1) is 24.0 Å². The molecule has 6 heteroatoms. The summed E-state index contributed by atoms with van der Waals surface area (Å²) in [6, 6.07) is 12.6. The second-order valence-electron chi connectivity index (χ2n) is 7.69. The van der Waals surface area contributed by atoms with Gasteiger partial charge < -0.3 is 20.2 Å². The maximum Gasteiger partial charge on any atom is 0.191 e. The van der Waals surface area contributed by atoms with Gasteiger partial charge in [0.1, 0.15) is 17.1 Å². The van der Waals surface area contributed by atoms with Gasteiger partial charge in [0.15, 0.2) is 5.96 Å². The molecule has 1 aromatic heterocycles. The Morgan fingerprint density at radius 1 is 1.25 bits per heavy atom. The predicted molar refractivity (Wildman–Crippen MR) is 124 cm³/mol. The maximum atomic E-state index is 10.9. The summed E-state index contributed by atoms with van der Waals surface area (Å²) in [5.41, 5.74) is 1.15. The Hall–Kier alpha value is -1.54. The fourth-order valence-electron chi connectivity index (χ4n) is 3.63. The monoisotopic (exact) mass is 497 g/mol. The first-order valence-electron chi connectivity index (χ1n) is 9.77. The number of halogens is 1. The van der Waals surface area contributed by atoms with E-state index in [1.807, 2.05) is 26.8 Å². The molecule has 28 heavy (non-hydrogen) atoms. The van der Waals surface area contributed by atoms with E-state index in [-0.39, 0.29) is 30.5 Å². The van der Waals surface area contributed by atoms with Crippen LogP contribution in [0.2, 0.25) is 0 Å². The molecule has 0 radical (unpaired) electrons. The van der Waals surface area contributed by atoms with Crippen LogP contribution in [-0.2, 0) is 5.60 Å². The highest BCUT2D eigenvalue weighted by atomic mass is 127. The van der Waals surface area contributed by atoms with E-state index >= 15 is 0 Å². The molecule has 1 aliphatic rings. The van der Waals surface area contributed by atoms with Gasteiger partial charge in [-0.1, -0.05) is 30.3 Å². The van der Waals surface area contributed by atoms with E-state index < -0.39 is 5.60 Å². The molecule has 5 nitrogen and oxygen atoms in total. The van der Waals surface area contributed by atoms with Crippen LogP contribution in [0, 0.1) is 19.8 Å². The molecular formula is C22H32IN3O2. The Bertz CT molecular complexity index is 786. The summed E-state index contributed by atoms with van der Waals surface area (Å²) in [5, 5.41) is 17.6. The lowest BCUT2D eigenvalue weighted by Gasteiger charge is -2.21. The zero-order chi connectivity index (χ0) is 19.4. The minimum atomic E-state index is -1.06. The van der Waals surface area contributed by atoms with Crippen molar-refractivity contribution in [2.75, 3.05) is 19.6 Å². The second kappa shape index (κ2) is 9.78. The number of aliphatic hydroxyl groups is 1. The molecule has 154 valence electrons. The number of aliphatic imine (C=N–C) groups is 1. The smallest absolute Gasteiger partial charge is 0.191 e. The van der Waals surface area contributed by atoms with Crippen LogP contribution in [0.5, 0.6) is 0 Å². The third-order valence-electron chi connectivity index (χ3n) is 5.19. The summed E-state index contributed by atoms with van der Waals surface area (Å²) in [6.45, 7) is 9.53. The Morgan fingerprint density at radius 2 is 1.96 bits per heavy atom. The first-order chi connectivity index (χ1) is 12.9. The van der Waals surface area contributed by atoms with Gasteiger partial charge >= 0.3 is 0 Å². The standard InChI is InChI=1S/C22H31N3O2.HI/c1-5-23-21(24-13-18-12-19(18)17-9-7-6-8-10-17)25-14-22(4,26)20-11-15(2)27-16(20)3;/h6-11,18-19,26H,5,12-14H2,1-4H3,(H2,23,24,25);1H. The number of rotatable bonds is 7. The van der Waals surface area contributed by atoms with Crippen molar-refractivity contribution in [3.05, 3.63) is 59.0 Å². The van der Waals surface area contributed by atoms with E-state index in [1.54, 1.807) is 6.92 Å². The largest absolute Gasteiger partial charge is 0.466 e. The highest BCUT2D eigenvalue weighted by Gasteiger charge is 2.38. The molecule has 0 amide bonds. The number of nitrogens with one attached hydrogen (secondary N) is 2. The van der Waals surface area contributed by atoms with Crippen LogP contribution in [0.3, 0.4) is 0 Å². The number of furan rings is 1. The fourth-order valence-corrected chi connectivity index (χ4v) is 3.63. The molecule has 3 unspecified atom stereocenters. The van der Waals surface area contributed by atoms with E-state index in [0.717, 1.165) is 36.1 Å². The Kier molecular flexibility index (Phi) is 7.95. The van der Waals surface area contributed by atoms with E-state index in [1.165, 1.54) is 12.0 Å². The van der Waals surface area contributed by atoms with Crippen LogP contribution in [0.15, 0.2) is 45.8 Å². The van der Waals surface area contributed by atoms with Crippen molar-refractivity contribution in [2.45, 2.75) is 45.6 Å². The number of hydrogen-bond acceptors (Lipinski definition) is 3. The summed E-state index contributed by atoms with van der Waals surface area (Å²) in [7, 11) is 0. The molecule has 0 saturated heterocycles. The summed E-state index contributed by atoms with van der Waals surface area (Å²) < 4.78 is 5.56. The van der Waals surface area contributed by atoms with Gasteiger partial charge in [-0.05, 0) is 57.6 Å². The fraction of sp³-hybridized carbons (Fsp3) is 0.500. The molecule has 0 aliphatic heterocycles. The van der Waals surface area contributed by atoms with E-state index in [9.17, 15) is 5.11 Å². The molecule has 0 bridgehead atoms. The number of hydrogen-bond donors (Lipinski definition) is 3. The quantitative estimate of drug-likeness (QED) is 0.307. The van der Waals surface area contributed by atoms with Crippen LogP contribution < -0.4 is 10.6 Å². The maximum absolute atomic E-state index is 10.9. The van der Waals surface area contributed by atoms with Crippen molar-refractivity contribution < 1.29 is 9.52 Å². The normalized spacial score (nSPS) is 20.8. The molecule has 3 atom stereocenters. The molecule has 3 N–H and O–H groups in total. The van der Waals surface area contributed by atoms with Crippen molar-refractivity contribution in [2.24, 2.45) is 10.9 Å². The number of nitrogens with zero attached hydrogens (tertiary/aromatic N) is 1. The first kappa shape index (κ1) is 22.7. The van der Waals surface area contributed by atoms with E-state index in [4.69, 9.17) is 4.42 Å². The highest BCUT2D eigenvalue weighted by molar-refractivity contribution is 14.0. The van der Waals surface area contributed by atoms with Crippen molar-refractivity contribution in [1.82, 2.24) is 10.6 Å². The summed E-state index contributed by atoms with van der Waals surface area (Å²) in [5.74, 6) is 3.57. The Morgan fingerprint density at radius 3 is 2.57 bits per heavy atom. The van der Waals surface area contributed by atoms with Crippen molar-refractivity contribution >= 4 is 29.9 Å². The molecule has 2 aromatic rings. The second-order valence-corrected chi connectivity index (χ2v) is 7.69. The zero-order valence-electron chi connectivity index (χ0n) is 17.2. The zero-order valence-corrected chi connectivity index (χ0v) is 19.5. The topological polar surface area (TPSA) is 69.8 Å². The van der Waals surface area contributed by atoms with Crippen LogP contribution in [-0.4, -0.2) is 30.7 Å². The van der Waals surface area contributed by atoms with Crippen LogP contribution >= 0.6 is 24.0 Å². The van der Waals surface area contributed by atoms with Crippen LogP contribution in [0.25, 0.3) is 0 Å². The molecule has 1 fully saturated rings. The molecular weight excluding hydrogens is 465 g/mol. The summed E-state index contributed by atoms with van der Waals surface area (Å²) in [6.07, 6.45) is 1.21. The minimum Gasteiger partial charge on any atom is -0.466 e. The van der Waals surface area contributed by atoms with Crippen molar-refractivity contribution in [3.8, 4) is 0 Å². The molecule has 1 aromatic carbocycles. The van der Waals surface area contributed by atoms with Crippen LogP contribution in [0.4, 0.5) is 0 Å². The van der Waals surface area contributed by atoms with Gasteiger partial charge in [-0.2, -0.15) is 0 Å². The average molecular weight is 497 g/mol. The molecule has 1 aliphatic carbocycles. The number of guanidine groups is 1. The van der Waals surface area contributed by atoms with Crippen molar-refractivity contribution in [1.29, 1.82) is 0 Å². The summed E-state index contributed by atoms with van der Waals surface area (Å²) >= 11 is 0. The lowest BCUT2D eigenvalue weighted by atomic mass is 9.96. The lowest BCUT2D eigenvalue weighted by Crippen LogP contribution is -2.40. The van der Waals surface area contributed by atoms with Crippen molar-refractivity contribution in [3.63, 3.8) is 0 Å². The van der Waals surface area contributed by atoms with Gasteiger partial charge in [0.05, 0.1) is 6.54 Å². The minimum absolute atomic E-state index is 0. The van der Waals surface area contributed by atoms with E-state index in [2.05, 4.69) is 46.0 Å². The summed E-state index contributed by atoms with van der Waals surface area (Å²) in [4.78, 5) is 4.61. The SMILES string of the molecule is CCNC(=NCC(C)(O)c1cc(C)oc1C)NCC1CC1c1ccccc1.I. The molecule has 3 rings (SSSR count). The predicted octanol–water partition coefficient (Wildman–Crippen LogP) is 4.08. The van der Waals surface area contributed by atoms with Gasteiger partial charge in [0.2, 0.25) is 0 Å². The molecule has 0 spiro atoms. The lowest BCUT2D eigenvalue weighted by molar-refractivity contribution is 0.0657. The molecule has 1 heterocycles. The van der Waals surface area contributed by atoms with Gasteiger partial charge in [0.25, 0.3) is 0 Å². The number of benzene rings is 1.